The van der Waals surface area contributed by atoms with Crippen molar-refractivity contribution in [2.75, 3.05) is 25.0 Å². The van der Waals surface area contributed by atoms with E-state index >= 15 is 0 Å². The molecule has 3 N–H and O–H groups in total. The van der Waals surface area contributed by atoms with E-state index in [9.17, 15) is 4.79 Å². The second-order valence-electron chi connectivity index (χ2n) is 4.92. The predicted octanol–water partition coefficient (Wildman–Crippen LogP) is 1.81. The highest BCUT2D eigenvalue weighted by atomic mass is 32.1. The van der Waals surface area contributed by atoms with Gasteiger partial charge in [0.15, 0.2) is 5.13 Å². The SMILES string of the molecule is NCCCC(=O)Nc1nc(CN2CCCCC2)cs1. The molecule has 6 heteroatoms. The number of rotatable bonds is 6. The van der Waals surface area contributed by atoms with E-state index in [4.69, 9.17) is 5.73 Å². The van der Waals surface area contributed by atoms with E-state index in [2.05, 4.69) is 15.2 Å². The first-order valence-electron chi connectivity index (χ1n) is 6.94. The Balaban J connectivity index is 1.79. The van der Waals surface area contributed by atoms with Gasteiger partial charge in [0.25, 0.3) is 0 Å². The van der Waals surface area contributed by atoms with Crippen LogP contribution >= 0.6 is 11.3 Å². The van der Waals surface area contributed by atoms with Gasteiger partial charge in [0.2, 0.25) is 5.91 Å². The van der Waals surface area contributed by atoms with E-state index < -0.39 is 0 Å². The number of nitrogens with one attached hydrogen (secondary N) is 1. The third kappa shape index (κ3) is 4.89. The van der Waals surface area contributed by atoms with Crippen molar-refractivity contribution in [2.45, 2.75) is 38.6 Å². The molecule has 1 aliphatic rings. The highest BCUT2D eigenvalue weighted by Crippen LogP contribution is 2.19. The van der Waals surface area contributed by atoms with E-state index in [0.29, 0.717) is 18.1 Å². The van der Waals surface area contributed by atoms with Gasteiger partial charge in [-0.15, -0.1) is 11.3 Å². The third-order valence-corrected chi connectivity index (χ3v) is 4.05. The van der Waals surface area contributed by atoms with Crippen LogP contribution in [0.5, 0.6) is 0 Å². The van der Waals surface area contributed by atoms with Gasteiger partial charge < -0.3 is 11.1 Å². The van der Waals surface area contributed by atoms with Crippen LogP contribution in [0.4, 0.5) is 5.13 Å². The van der Waals surface area contributed by atoms with Gasteiger partial charge in [0.05, 0.1) is 5.69 Å². The molecule has 0 radical (unpaired) electrons. The number of hydrogen-bond donors (Lipinski definition) is 2. The Morgan fingerprint density at radius 3 is 2.95 bits per heavy atom. The lowest BCUT2D eigenvalue weighted by atomic mass is 10.1. The molecule has 1 amide bonds. The first-order chi connectivity index (χ1) is 9.28. The summed E-state index contributed by atoms with van der Waals surface area (Å²) in [4.78, 5) is 18.5. The van der Waals surface area contributed by atoms with Crippen molar-refractivity contribution in [2.24, 2.45) is 5.73 Å². The number of carbonyl (C=O) groups is 1. The highest BCUT2D eigenvalue weighted by Gasteiger charge is 2.13. The minimum atomic E-state index is 0.00400. The molecule has 1 saturated heterocycles. The Kier molecular flexibility index (Phi) is 5.75. The molecule has 0 unspecified atom stereocenters. The van der Waals surface area contributed by atoms with E-state index in [1.54, 1.807) is 0 Å². The summed E-state index contributed by atoms with van der Waals surface area (Å²) in [6, 6.07) is 0. The van der Waals surface area contributed by atoms with Crippen LogP contribution in [0.3, 0.4) is 0 Å². The Morgan fingerprint density at radius 2 is 2.21 bits per heavy atom. The number of thiazole rings is 1. The van der Waals surface area contributed by atoms with Gasteiger partial charge in [-0.3, -0.25) is 9.69 Å². The molecule has 1 fully saturated rings. The standard InChI is InChI=1S/C13H22N4OS/c14-6-4-5-12(18)16-13-15-11(10-19-13)9-17-7-2-1-3-8-17/h10H,1-9,14H2,(H,15,16,18). The molecule has 2 heterocycles. The van der Waals surface area contributed by atoms with Gasteiger partial charge in [-0.2, -0.15) is 0 Å². The number of carbonyl (C=O) groups excluding carboxylic acids is 1. The summed E-state index contributed by atoms with van der Waals surface area (Å²) in [5, 5.41) is 5.57. The van der Waals surface area contributed by atoms with E-state index in [-0.39, 0.29) is 5.91 Å². The second-order valence-corrected chi connectivity index (χ2v) is 5.78. The number of anilines is 1. The second kappa shape index (κ2) is 7.57. The number of hydrogen-bond acceptors (Lipinski definition) is 5. The molecule has 5 nitrogen and oxygen atoms in total. The summed E-state index contributed by atoms with van der Waals surface area (Å²) in [6.45, 7) is 3.77. The molecule has 0 saturated carbocycles. The fraction of sp³-hybridized carbons (Fsp3) is 0.692. The average Bonchev–Trinajstić information content (AvgIpc) is 2.85. The van der Waals surface area contributed by atoms with Crippen molar-refractivity contribution >= 4 is 22.4 Å². The Labute approximate surface area is 118 Å². The fourth-order valence-electron chi connectivity index (χ4n) is 2.23. The van der Waals surface area contributed by atoms with Gasteiger partial charge in [-0.05, 0) is 38.9 Å². The van der Waals surface area contributed by atoms with Crippen LogP contribution in [-0.2, 0) is 11.3 Å². The van der Waals surface area contributed by atoms with Gasteiger partial charge in [-0.1, -0.05) is 6.42 Å². The largest absolute Gasteiger partial charge is 0.330 e. The number of aromatic nitrogens is 1. The molecule has 0 atom stereocenters. The molecule has 0 spiro atoms. The normalized spacial score (nSPS) is 16.5. The van der Waals surface area contributed by atoms with Crippen molar-refractivity contribution < 1.29 is 4.79 Å². The molecule has 1 aromatic heterocycles. The first-order valence-corrected chi connectivity index (χ1v) is 7.82. The minimum absolute atomic E-state index is 0.00400. The summed E-state index contributed by atoms with van der Waals surface area (Å²) >= 11 is 1.50. The summed E-state index contributed by atoms with van der Waals surface area (Å²) < 4.78 is 0. The summed E-state index contributed by atoms with van der Waals surface area (Å²) in [6.07, 6.45) is 5.10. The van der Waals surface area contributed by atoms with Crippen LogP contribution < -0.4 is 11.1 Å². The smallest absolute Gasteiger partial charge is 0.226 e. The Bertz CT molecular complexity index is 401. The van der Waals surface area contributed by atoms with Crippen molar-refractivity contribution in [3.63, 3.8) is 0 Å². The molecule has 0 aromatic carbocycles. The summed E-state index contributed by atoms with van der Waals surface area (Å²) in [5.74, 6) is 0.00400. The van der Waals surface area contributed by atoms with E-state index in [1.807, 2.05) is 5.38 Å². The van der Waals surface area contributed by atoms with Crippen molar-refractivity contribution in [3.8, 4) is 0 Å². The maximum Gasteiger partial charge on any atom is 0.226 e. The number of nitrogens with zero attached hydrogens (tertiary/aromatic N) is 2. The third-order valence-electron chi connectivity index (χ3n) is 3.24. The fourth-order valence-corrected chi connectivity index (χ4v) is 2.95. The lowest BCUT2D eigenvalue weighted by Gasteiger charge is -2.25. The molecular weight excluding hydrogens is 260 g/mol. The van der Waals surface area contributed by atoms with Crippen LogP contribution in [0.1, 0.15) is 37.8 Å². The molecule has 0 bridgehead atoms. The van der Waals surface area contributed by atoms with Crippen LogP contribution in [0.15, 0.2) is 5.38 Å². The van der Waals surface area contributed by atoms with Crippen molar-refractivity contribution in [1.29, 1.82) is 0 Å². The Hall–Kier alpha value is -0.980. The lowest BCUT2D eigenvalue weighted by Crippen LogP contribution is -2.29. The van der Waals surface area contributed by atoms with E-state index in [1.165, 1.54) is 30.6 Å². The number of amides is 1. The van der Waals surface area contributed by atoms with Gasteiger partial charge in [-0.25, -0.2) is 4.98 Å². The van der Waals surface area contributed by atoms with Gasteiger partial charge in [0.1, 0.15) is 0 Å². The molecular formula is C13H22N4OS. The number of likely N-dealkylation sites (tertiary alicyclic amines) is 1. The molecule has 19 heavy (non-hydrogen) atoms. The zero-order valence-electron chi connectivity index (χ0n) is 11.2. The van der Waals surface area contributed by atoms with Crippen LogP contribution in [0.2, 0.25) is 0 Å². The van der Waals surface area contributed by atoms with Crippen molar-refractivity contribution in [3.05, 3.63) is 11.1 Å². The summed E-state index contributed by atoms with van der Waals surface area (Å²) in [5.41, 5.74) is 6.44. The minimum Gasteiger partial charge on any atom is -0.330 e. The zero-order chi connectivity index (χ0) is 13.5. The molecule has 0 aliphatic carbocycles. The molecule has 106 valence electrons. The van der Waals surface area contributed by atoms with E-state index in [0.717, 1.165) is 31.7 Å². The predicted molar refractivity (Wildman–Crippen MR) is 78.2 cm³/mol. The van der Waals surface area contributed by atoms with Gasteiger partial charge in [0, 0.05) is 18.3 Å². The van der Waals surface area contributed by atoms with Crippen LogP contribution in [0, 0.1) is 0 Å². The average molecular weight is 282 g/mol. The lowest BCUT2D eigenvalue weighted by molar-refractivity contribution is -0.116. The number of piperidine rings is 1. The topological polar surface area (TPSA) is 71.2 Å². The maximum atomic E-state index is 11.6. The monoisotopic (exact) mass is 282 g/mol. The first kappa shape index (κ1) is 14.4. The zero-order valence-corrected chi connectivity index (χ0v) is 12.0. The van der Waals surface area contributed by atoms with Crippen molar-refractivity contribution in [1.82, 2.24) is 9.88 Å². The molecule has 2 rings (SSSR count). The number of nitrogens with two attached hydrogens (primary N) is 1. The van der Waals surface area contributed by atoms with Crippen LogP contribution in [-0.4, -0.2) is 35.4 Å². The van der Waals surface area contributed by atoms with Crippen LogP contribution in [0.25, 0.3) is 0 Å². The van der Waals surface area contributed by atoms with Gasteiger partial charge >= 0.3 is 0 Å². The molecule has 1 aromatic rings. The maximum absolute atomic E-state index is 11.6. The quantitative estimate of drug-likeness (QED) is 0.834. The Morgan fingerprint density at radius 1 is 1.42 bits per heavy atom. The molecule has 1 aliphatic heterocycles. The highest BCUT2D eigenvalue weighted by molar-refractivity contribution is 7.13. The summed E-state index contributed by atoms with van der Waals surface area (Å²) in [7, 11) is 0.